The SMILES string of the molecule is C[C@@H]1CC=C[C@H](C(C)(C)COCc2ccccc2)O1. The van der Waals surface area contributed by atoms with Crippen LogP contribution in [0.4, 0.5) is 0 Å². The van der Waals surface area contributed by atoms with E-state index in [1.807, 2.05) is 18.2 Å². The molecule has 1 aliphatic heterocycles. The van der Waals surface area contributed by atoms with Crippen molar-refractivity contribution in [3.63, 3.8) is 0 Å². The first-order chi connectivity index (χ1) is 9.08. The molecule has 0 unspecified atom stereocenters. The van der Waals surface area contributed by atoms with Gasteiger partial charge in [0.25, 0.3) is 0 Å². The molecule has 2 rings (SSSR count). The quantitative estimate of drug-likeness (QED) is 0.746. The summed E-state index contributed by atoms with van der Waals surface area (Å²) in [7, 11) is 0. The maximum Gasteiger partial charge on any atom is 0.0832 e. The Labute approximate surface area is 116 Å². The molecule has 0 saturated heterocycles. The minimum Gasteiger partial charge on any atom is -0.376 e. The van der Waals surface area contributed by atoms with Crippen LogP contribution in [0, 0.1) is 5.41 Å². The lowest BCUT2D eigenvalue weighted by molar-refractivity contribution is -0.0766. The normalized spacial score (nSPS) is 23.5. The van der Waals surface area contributed by atoms with Crippen molar-refractivity contribution in [2.75, 3.05) is 6.61 Å². The van der Waals surface area contributed by atoms with Gasteiger partial charge in [0.05, 0.1) is 25.4 Å². The van der Waals surface area contributed by atoms with Gasteiger partial charge >= 0.3 is 0 Å². The van der Waals surface area contributed by atoms with E-state index in [2.05, 4.69) is 45.1 Å². The predicted molar refractivity (Wildman–Crippen MR) is 78.0 cm³/mol. The van der Waals surface area contributed by atoms with E-state index in [9.17, 15) is 0 Å². The van der Waals surface area contributed by atoms with E-state index < -0.39 is 0 Å². The maximum atomic E-state index is 5.99. The van der Waals surface area contributed by atoms with Crippen molar-refractivity contribution in [3.05, 3.63) is 48.0 Å². The molecular weight excluding hydrogens is 236 g/mol. The van der Waals surface area contributed by atoms with Crippen molar-refractivity contribution in [3.8, 4) is 0 Å². The average molecular weight is 260 g/mol. The van der Waals surface area contributed by atoms with Crippen molar-refractivity contribution in [2.24, 2.45) is 5.41 Å². The summed E-state index contributed by atoms with van der Waals surface area (Å²) in [5.41, 5.74) is 1.21. The molecule has 0 aliphatic carbocycles. The Hall–Kier alpha value is -1.12. The van der Waals surface area contributed by atoms with Crippen molar-refractivity contribution in [2.45, 2.75) is 46.0 Å². The third kappa shape index (κ3) is 4.19. The predicted octanol–water partition coefficient (Wildman–Crippen LogP) is 3.96. The van der Waals surface area contributed by atoms with Crippen molar-refractivity contribution < 1.29 is 9.47 Å². The summed E-state index contributed by atoms with van der Waals surface area (Å²) < 4.78 is 11.8. The number of rotatable bonds is 5. The van der Waals surface area contributed by atoms with Crippen LogP contribution in [-0.4, -0.2) is 18.8 Å². The number of benzene rings is 1. The molecule has 0 amide bonds. The lowest BCUT2D eigenvalue weighted by Gasteiger charge is -2.36. The zero-order chi connectivity index (χ0) is 13.7. The van der Waals surface area contributed by atoms with E-state index in [0.717, 1.165) is 6.42 Å². The fraction of sp³-hybridized carbons (Fsp3) is 0.529. The molecule has 0 N–H and O–H groups in total. The third-order valence-corrected chi connectivity index (χ3v) is 3.51. The summed E-state index contributed by atoms with van der Waals surface area (Å²) in [6.45, 7) is 7.88. The zero-order valence-electron chi connectivity index (χ0n) is 12.1. The fourth-order valence-electron chi connectivity index (χ4n) is 2.28. The molecule has 104 valence electrons. The number of hydrogen-bond acceptors (Lipinski definition) is 2. The summed E-state index contributed by atoms with van der Waals surface area (Å²) in [5, 5.41) is 0. The topological polar surface area (TPSA) is 18.5 Å². The number of ether oxygens (including phenoxy) is 2. The molecule has 1 aromatic rings. The van der Waals surface area contributed by atoms with Gasteiger partial charge in [-0.1, -0.05) is 56.3 Å². The Bertz CT molecular complexity index is 409. The summed E-state index contributed by atoms with van der Waals surface area (Å²) >= 11 is 0. The summed E-state index contributed by atoms with van der Waals surface area (Å²) in [6, 6.07) is 10.3. The van der Waals surface area contributed by atoms with E-state index in [1.54, 1.807) is 0 Å². The van der Waals surface area contributed by atoms with E-state index in [-0.39, 0.29) is 11.5 Å². The molecular formula is C17H24O2. The van der Waals surface area contributed by atoms with Gasteiger partial charge in [0.15, 0.2) is 0 Å². The van der Waals surface area contributed by atoms with Gasteiger partial charge < -0.3 is 9.47 Å². The zero-order valence-corrected chi connectivity index (χ0v) is 12.1. The molecule has 0 bridgehead atoms. The molecule has 0 spiro atoms. The second-order valence-electron chi connectivity index (χ2n) is 6.00. The average Bonchev–Trinajstić information content (AvgIpc) is 2.40. The summed E-state index contributed by atoms with van der Waals surface area (Å²) in [5.74, 6) is 0. The molecule has 0 radical (unpaired) electrons. The molecule has 0 aromatic heterocycles. The highest BCUT2D eigenvalue weighted by molar-refractivity contribution is 5.13. The molecule has 1 aromatic carbocycles. The molecule has 0 saturated carbocycles. The molecule has 19 heavy (non-hydrogen) atoms. The van der Waals surface area contributed by atoms with E-state index in [1.165, 1.54) is 5.56 Å². The van der Waals surface area contributed by atoms with Gasteiger partial charge in [0.1, 0.15) is 0 Å². The van der Waals surface area contributed by atoms with Crippen LogP contribution in [-0.2, 0) is 16.1 Å². The third-order valence-electron chi connectivity index (χ3n) is 3.51. The highest BCUT2D eigenvalue weighted by Crippen LogP contribution is 2.29. The Kier molecular flexibility index (Phi) is 4.78. The smallest absolute Gasteiger partial charge is 0.0832 e. The Morgan fingerprint density at radius 2 is 2.00 bits per heavy atom. The van der Waals surface area contributed by atoms with Gasteiger partial charge in [-0.3, -0.25) is 0 Å². The number of hydrogen-bond donors (Lipinski definition) is 0. The van der Waals surface area contributed by atoms with Crippen LogP contribution in [0.15, 0.2) is 42.5 Å². The van der Waals surface area contributed by atoms with Crippen LogP contribution in [0.3, 0.4) is 0 Å². The van der Waals surface area contributed by atoms with Gasteiger partial charge in [-0.15, -0.1) is 0 Å². The van der Waals surface area contributed by atoms with Gasteiger partial charge in [-0.05, 0) is 18.9 Å². The van der Waals surface area contributed by atoms with Crippen LogP contribution in [0.2, 0.25) is 0 Å². The van der Waals surface area contributed by atoms with Crippen LogP contribution in [0.1, 0.15) is 32.8 Å². The van der Waals surface area contributed by atoms with E-state index in [4.69, 9.17) is 9.47 Å². The first-order valence-corrected chi connectivity index (χ1v) is 7.02. The fourth-order valence-corrected chi connectivity index (χ4v) is 2.28. The maximum absolute atomic E-state index is 5.99. The Morgan fingerprint density at radius 3 is 2.68 bits per heavy atom. The largest absolute Gasteiger partial charge is 0.376 e. The minimum atomic E-state index is -0.0000393. The van der Waals surface area contributed by atoms with Crippen LogP contribution in [0.5, 0.6) is 0 Å². The lowest BCUT2D eigenvalue weighted by atomic mass is 9.85. The standard InChI is InChI=1S/C17H24O2/c1-14-8-7-11-16(19-14)17(2,3)13-18-12-15-9-5-4-6-10-15/h4-7,9-11,14,16H,8,12-13H2,1-3H3/t14-,16-/m1/s1. The van der Waals surface area contributed by atoms with Gasteiger partial charge in [0.2, 0.25) is 0 Å². The van der Waals surface area contributed by atoms with Crippen molar-refractivity contribution in [1.82, 2.24) is 0 Å². The first kappa shape index (κ1) is 14.3. The molecule has 2 nitrogen and oxygen atoms in total. The van der Waals surface area contributed by atoms with Crippen molar-refractivity contribution in [1.29, 1.82) is 0 Å². The van der Waals surface area contributed by atoms with Gasteiger partial charge in [0, 0.05) is 5.41 Å². The molecule has 1 heterocycles. The first-order valence-electron chi connectivity index (χ1n) is 7.02. The lowest BCUT2D eigenvalue weighted by Crippen LogP contribution is -2.38. The highest BCUT2D eigenvalue weighted by Gasteiger charge is 2.31. The second kappa shape index (κ2) is 6.36. The summed E-state index contributed by atoms with van der Waals surface area (Å²) in [6.07, 6.45) is 5.86. The van der Waals surface area contributed by atoms with Crippen LogP contribution >= 0.6 is 0 Å². The van der Waals surface area contributed by atoms with Crippen LogP contribution in [0.25, 0.3) is 0 Å². The molecule has 2 heteroatoms. The van der Waals surface area contributed by atoms with E-state index in [0.29, 0.717) is 19.3 Å². The molecule has 1 aliphatic rings. The van der Waals surface area contributed by atoms with E-state index >= 15 is 0 Å². The summed E-state index contributed by atoms with van der Waals surface area (Å²) in [4.78, 5) is 0. The van der Waals surface area contributed by atoms with Gasteiger partial charge in [-0.2, -0.15) is 0 Å². The second-order valence-corrected chi connectivity index (χ2v) is 6.00. The van der Waals surface area contributed by atoms with Crippen molar-refractivity contribution >= 4 is 0 Å². The van der Waals surface area contributed by atoms with Gasteiger partial charge in [-0.25, -0.2) is 0 Å². The highest BCUT2D eigenvalue weighted by atomic mass is 16.5. The Morgan fingerprint density at radius 1 is 1.26 bits per heavy atom. The Balaban J connectivity index is 1.84. The molecule has 0 fully saturated rings. The monoisotopic (exact) mass is 260 g/mol. The van der Waals surface area contributed by atoms with Crippen LogP contribution < -0.4 is 0 Å². The molecule has 2 atom stereocenters. The minimum absolute atomic E-state index is 0.0000393.